The monoisotopic (exact) mass is 324 g/mol. The van der Waals surface area contributed by atoms with Gasteiger partial charge in [-0.15, -0.1) is 0 Å². The molecule has 128 valence electrons. The Hall–Kier alpha value is -1.56. The Morgan fingerprint density at radius 2 is 1.78 bits per heavy atom. The van der Waals surface area contributed by atoms with Gasteiger partial charge in [-0.3, -0.25) is 0 Å². The highest BCUT2D eigenvalue weighted by atomic mass is 16.8. The molecule has 4 rings (SSSR count). The van der Waals surface area contributed by atoms with Gasteiger partial charge in [0.2, 0.25) is 6.29 Å². The molecule has 0 aromatic carbocycles. The average molecular weight is 324 g/mol. The topological polar surface area (TPSA) is 82.1 Å². The van der Waals surface area contributed by atoms with Crippen LogP contribution in [-0.2, 0) is 19.0 Å². The summed E-state index contributed by atoms with van der Waals surface area (Å²) in [6, 6.07) is 0. The van der Waals surface area contributed by atoms with Gasteiger partial charge in [-0.05, 0) is 50.9 Å². The lowest BCUT2D eigenvalue weighted by molar-refractivity contribution is -0.212. The molecular formula is C17H24O6. The summed E-state index contributed by atoms with van der Waals surface area (Å²) < 4.78 is 15.5. The predicted octanol–water partition coefficient (Wildman–Crippen LogP) is 2.69. The second-order valence-electron chi connectivity index (χ2n) is 7.59. The Labute approximate surface area is 135 Å². The SMILES string of the molecule is C=C(C)C(=O)OC(C)OC(=O)OC12CC3CC(CC(O)(C3)C1)C2. The summed E-state index contributed by atoms with van der Waals surface area (Å²) >= 11 is 0. The Kier molecular flexibility index (Phi) is 3.91. The zero-order valence-corrected chi connectivity index (χ0v) is 13.7. The van der Waals surface area contributed by atoms with E-state index in [4.69, 9.17) is 14.2 Å². The minimum atomic E-state index is -1.04. The summed E-state index contributed by atoms with van der Waals surface area (Å²) in [6.07, 6.45) is 2.85. The van der Waals surface area contributed by atoms with E-state index in [2.05, 4.69) is 6.58 Å². The Balaban J connectivity index is 1.58. The van der Waals surface area contributed by atoms with Gasteiger partial charge in [0.05, 0.1) is 5.60 Å². The molecule has 0 heterocycles. The maximum Gasteiger partial charge on any atom is 0.511 e. The number of esters is 1. The van der Waals surface area contributed by atoms with Gasteiger partial charge in [-0.25, -0.2) is 9.59 Å². The molecule has 0 aliphatic heterocycles. The fourth-order valence-electron chi connectivity index (χ4n) is 4.86. The number of hydrogen-bond acceptors (Lipinski definition) is 6. The number of hydrogen-bond donors (Lipinski definition) is 1. The van der Waals surface area contributed by atoms with Crippen LogP contribution in [0.4, 0.5) is 4.79 Å². The number of ether oxygens (including phenoxy) is 3. The normalized spacial score (nSPS) is 38.7. The minimum Gasteiger partial charge on any atom is -0.427 e. The summed E-state index contributed by atoms with van der Waals surface area (Å²) in [5, 5.41) is 10.6. The lowest BCUT2D eigenvalue weighted by Gasteiger charge is -2.58. The molecule has 4 aliphatic rings. The third kappa shape index (κ3) is 3.37. The summed E-state index contributed by atoms with van der Waals surface area (Å²) in [4.78, 5) is 23.5. The van der Waals surface area contributed by atoms with Crippen LogP contribution < -0.4 is 0 Å². The van der Waals surface area contributed by atoms with E-state index in [1.807, 2.05) is 0 Å². The molecule has 4 bridgehead atoms. The third-order valence-electron chi connectivity index (χ3n) is 5.16. The van der Waals surface area contributed by atoms with E-state index in [9.17, 15) is 14.7 Å². The van der Waals surface area contributed by atoms with Crippen LogP contribution in [0.5, 0.6) is 0 Å². The summed E-state index contributed by atoms with van der Waals surface area (Å²) in [6.45, 7) is 6.44. The summed E-state index contributed by atoms with van der Waals surface area (Å²) in [5.41, 5.74) is -1.10. The molecule has 0 amide bonds. The zero-order valence-electron chi connectivity index (χ0n) is 13.7. The molecule has 6 heteroatoms. The van der Waals surface area contributed by atoms with Crippen molar-refractivity contribution in [3.8, 4) is 0 Å². The maximum absolute atomic E-state index is 12.1. The molecule has 0 saturated heterocycles. The van der Waals surface area contributed by atoms with Crippen molar-refractivity contribution in [2.45, 2.75) is 69.9 Å². The quantitative estimate of drug-likeness (QED) is 0.486. The van der Waals surface area contributed by atoms with Crippen molar-refractivity contribution in [1.82, 2.24) is 0 Å². The van der Waals surface area contributed by atoms with Crippen molar-refractivity contribution >= 4 is 12.1 Å². The van der Waals surface area contributed by atoms with Crippen molar-refractivity contribution < 1.29 is 28.9 Å². The molecule has 4 saturated carbocycles. The van der Waals surface area contributed by atoms with Crippen LogP contribution in [0.3, 0.4) is 0 Å². The Morgan fingerprint density at radius 1 is 1.17 bits per heavy atom. The molecule has 0 radical (unpaired) electrons. The molecular weight excluding hydrogens is 300 g/mol. The molecule has 3 unspecified atom stereocenters. The zero-order chi connectivity index (χ0) is 16.8. The van der Waals surface area contributed by atoms with Crippen LogP contribution >= 0.6 is 0 Å². The van der Waals surface area contributed by atoms with Gasteiger partial charge >= 0.3 is 12.1 Å². The highest BCUT2D eigenvalue weighted by molar-refractivity contribution is 5.87. The smallest absolute Gasteiger partial charge is 0.427 e. The van der Waals surface area contributed by atoms with Crippen LogP contribution in [0.1, 0.15) is 52.4 Å². The first-order chi connectivity index (χ1) is 10.7. The third-order valence-corrected chi connectivity index (χ3v) is 5.16. The van der Waals surface area contributed by atoms with E-state index in [1.54, 1.807) is 0 Å². The lowest BCUT2D eigenvalue weighted by atomic mass is 9.52. The second-order valence-corrected chi connectivity index (χ2v) is 7.59. The molecule has 4 aliphatic carbocycles. The van der Waals surface area contributed by atoms with Crippen molar-refractivity contribution in [3.63, 3.8) is 0 Å². The first kappa shape index (κ1) is 16.3. The van der Waals surface area contributed by atoms with E-state index < -0.39 is 29.6 Å². The fourth-order valence-corrected chi connectivity index (χ4v) is 4.86. The molecule has 23 heavy (non-hydrogen) atoms. The number of aliphatic hydroxyl groups is 1. The van der Waals surface area contributed by atoms with Gasteiger partial charge in [0, 0.05) is 18.9 Å². The van der Waals surface area contributed by atoms with Crippen molar-refractivity contribution in [3.05, 3.63) is 12.2 Å². The molecule has 1 N–H and O–H groups in total. The molecule has 0 spiro atoms. The molecule has 6 nitrogen and oxygen atoms in total. The van der Waals surface area contributed by atoms with Gasteiger partial charge < -0.3 is 19.3 Å². The molecule has 0 aromatic rings. The number of rotatable bonds is 4. The van der Waals surface area contributed by atoms with Crippen molar-refractivity contribution in [2.75, 3.05) is 0 Å². The van der Waals surface area contributed by atoms with Gasteiger partial charge in [-0.2, -0.15) is 0 Å². The largest absolute Gasteiger partial charge is 0.511 e. The van der Waals surface area contributed by atoms with Crippen molar-refractivity contribution in [1.29, 1.82) is 0 Å². The van der Waals surface area contributed by atoms with Crippen LogP contribution in [0.2, 0.25) is 0 Å². The molecule has 0 aromatic heterocycles. The van der Waals surface area contributed by atoms with Gasteiger partial charge in [0.25, 0.3) is 0 Å². The van der Waals surface area contributed by atoms with E-state index >= 15 is 0 Å². The Morgan fingerprint density at radius 3 is 2.30 bits per heavy atom. The lowest BCUT2D eigenvalue weighted by Crippen LogP contribution is -2.60. The van der Waals surface area contributed by atoms with E-state index in [0.29, 0.717) is 18.3 Å². The fraction of sp³-hybridized carbons (Fsp3) is 0.765. The van der Waals surface area contributed by atoms with Gasteiger partial charge in [-0.1, -0.05) is 6.58 Å². The van der Waals surface area contributed by atoms with Crippen LogP contribution in [-0.4, -0.2) is 34.7 Å². The number of carbonyl (C=O) groups excluding carboxylic acids is 2. The standard InChI is InChI=1S/C17H24O6/c1-10(2)14(18)21-11(3)22-15(19)23-17-7-12-4-13(8-17)6-16(20,5-12)9-17/h11-13,20H,1,4-9H2,2-3H3. The highest BCUT2D eigenvalue weighted by Crippen LogP contribution is 2.58. The maximum atomic E-state index is 12.1. The van der Waals surface area contributed by atoms with Gasteiger partial charge in [0.15, 0.2) is 0 Å². The average Bonchev–Trinajstić information content (AvgIpc) is 2.33. The highest BCUT2D eigenvalue weighted by Gasteiger charge is 2.59. The first-order valence-corrected chi connectivity index (χ1v) is 8.17. The van der Waals surface area contributed by atoms with Crippen LogP contribution in [0.15, 0.2) is 12.2 Å². The molecule has 3 atom stereocenters. The number of carbonyl (C=O) groups is 2. The predicted molar refractivity (Wildman–Crippen MR) is 80.3 cm³/mol. The van der Waals surface area contributed by atoms with E-state index in [1.165, 1.54) is 13.8 Å². The van der Waals surface area contributed by atoms with E-state index in [0.717, 1.165) is 32.1 Å². The van der Waals surface area contributed by atoms with Crippen LogP contribution in [0, 0.1) is 11.8 Å². The van der Waals surface area contributed by atoms with Gasteiger partial charge in [0.1, 0.15) is 5.60 Å². The second kappa shape index (κ2) is 5.51. The summed E-state index contributed by atoms with van der Waals surface area (Å²) in [7, 11) is 0. The summed E-state index contributed by atoms with van der Waals surface area (Å²) in [5.74, 6) is 0.204. The molecule has 4 fully saturated rings. The first-order valence-electron chi connectivity index (χ1n) is 8.17. The minimum absolute atomic E-state index is 0.233. The Bertz CT molecular complexity index is 525. The van der Waals surface area contributed by atoms with E-state index in [-0.39, 0.29) is 5.57 Å². The van der Waals surface area contributed by atoms with Crippen molar-refractivity contribution in [2.24, 2.45) is 11.8 Å². The van der Waals surface area contributed by atoms with Crippen LogP contribution in [0.25, 0.3) is 0 Å².